The maximum absolute atomic E-state index is 12.0. The minimum absolute atomic E-state index is 0. The predicted molar refractivity (Wildman–Crippen MR) is 132 cm³/mol. The SMILES string of the molecule is CCNC(=NCc1ccc(C(=O)N(C)C)cc1)NCCN(C)C(=O)OC(C)(C)C.I. The summed E-state index contributed by atoms with van der Waals surface area (Å²) < 4.78 is 5.34. The number of hydrogen-bond acceptors (Lipinski definition) is 4. The van der Waals surface area contributed by atoms with Gasteiger partial charge in [0.2, 0.25) is 0 Å². The molecule has 0 aromatic heterocycles. The highest BCUT2D eigenvalue weighted by Gasteiger charge is 2.19. The number of nitrogens with zero attached hydrogens (tertiary/aromatic N) is 3. The van der Waals surface area contributed by atoms with Gasteiger partial charge in [0.1, 0.15) is 5.60 Å². The van der Waals surface area contributed by atoms with E-state index in [4.69, 9.17) is 4.74 Å². The summed E-state index contributed by atoms with van der Waals surface area (Å²) in [6.07, 6.45) is -0.353. The van der Waals surface area contributed by atoms with Crippen LogP contribution in [0.2, 0.25) is 0 Å². The maximum Gasteiger partial charge on any atom is 0.410 e. The van der Waals surface area contributed by atoms with Crippen LogP contribution in [0.25, 0.3) is 0 Å². The maximum atomic E-state index is 12.0. The molecule has 0 spiro atoms. The Bertz CT molecular complexity index is 700. The van der Waals surface area contributed by atoms with Crippen LogP contribution in [-0.4, -0.2) is 74.1 Å². The van der Waals surface area contributed by atoms with Gasteiger partial charge in [-0.05, 0) is 45.4 Å². The molecule has 0 aliphatic heterocycles. The van der Waals surface area contributed by atoms with Crippen LogP contribution in [0.1, 0.15) is 43.6 Å². The molecule has 0 heterocycles. The summed E-state index contributed by atoms with van der Waals surface area (Å²) >= 11 is 0. The van der Waals surface area contributed by atoms with E-state index in [0.29, 0.717) is 31.2 Å². The van der Waals surface area contributed by atoms with Gasteiger partial charge in [-0.2, -0.15) is 0 Å². The quantitative estimate of drug-likeness (QED) is 0.320. The second kappa shape index (κ2) is 13.3. The number of ether oxygens (including phenoxy) is 1. The molecule has 8 nitrogen and oxygen atoms in total. The Morgan fingerprint density at radius 3 is 2.17 bits per heavy atom. The largest absolute Gasteiger partial charge is 0.444 e. The lowest BCUT2D eigenvalue weighted by Crippen LogP contribution is -2.43. The molecule has 1 aromatic carbocycles. The highest BCUT2D eigenvalue weighted by atomic mass is 127. The zero-order valence-electron chi connectivity index (χ0n) is 19.1. The first kappa shape index (κ1) is 28.0. The normalized spacial score (nSPS) is 11.2. The Morgan fingerprint density at radius 2 is 1.67 bits per heavy atom. The summed E-state index contributed by atoms with van der Waals surface area (Å²) in [7, 11) is 5.17. The fourth-order valence-electron chi connectivity index (χ4n) is 2.30. The number of amides is 2. The van der Waals surface area contributed by atoms with Gasteiger partial charge < -0.3 is 25.2 Å². The fraction of sp³-hybridized carbons (Fsp3) is 0.571. The van der Waals surface area contributed by atoms with Crippen LogP contribution in [0.4, 0.5) is 4.79 Å². The molecule has 9 heteroatoms. The molecule has 0 unspecified atom stereocenters. The van der Waals surface area contributed by atoms with Crippen molar-refractivity contribution in [3.8, 4) is 0 Å². The molecule has 0 aliphatic carbocycles. The van der Waals surface area contributed by atoms with Gasteiger partial charge in [0.25, 0.3) is 5.91 Å². The van der Waals surface area contributed by atoms with E-state index in [1.54, 1.807) is 26.0 Å². The van der Waals surface area contributed by atoms with E-state index in [1.165, 1.54) is 4.90 Å². The van der Waals surface area contributed by atoms with E-state index >= 15 is 0 Å². The first-order valence-corrected chi connectivity index (χ1v) is 9.80. The van der Waals surface area contributed by atoms with Gasteiger partial charge in [-0.15, -0.1) is 24.0 Å². The first-order valence-electron chi connectivity index (χ1n) is 9.80. The van der Waals surface area contributed by atoms with Crippen LogP contribution in [-0.2, 0) is 11.3 Å². The van der Waals surface area contributed by atoms with E-state index in [-0.39, 0.29) is 36.0 Å². The number of rotatable bonds is 7. The summed E-state index contributed by atoms with van der Waals surface area (Å²) in [4.78, 5) is 31.6. The number of guanidine groups is 1. The summed E-state index contributed by atoms with van der Waals surface area (Å²) in [5.41, 5.74) is 1.14. The molecule has 30 heavy (non-hydrogen) atoms. The van der Waals surface area contributed by atoms with E-state index in [1.807, 2.05) is 52.0 Å². The van der Waals surface area contributed by atoms with Gasteiger partial charge in [-0.25, -0.2) is 9.79 Å². The number of benzene rings is 1. The lowest BCUT2D eigenvalue weighted by molar-refractivity contribution is 0.0302. The molecule has 0 fully saturated rings. The van der Waals surface area contributed by atoms with E-state index in [9.17, 15) is 9.59 Å². The van der Waals surface area contributed by atoms with Crippen molar-refractivity contribution in [2.24, 2.45) is 4.99 Å². The van der Waals surface area contributed by atoms with Gasteiger partial charge in [0.05, 0.1) is 6.54 Å². The van der Waals surface area contributed by atoms with Crippen LogP contribution in [0, 0.1) is 0 Å². The third kappa shape index (κ3) is 10.7. The lowest BCUT2D eigenvalue weighted by Gasteiger charge is -2.24. The van der Waals surface area contributed by atoms with Gasteiger partial charge >= 0.3 is 6.09 Å². The zero-order valence-corrected chi connectivity index (χ0v) is 21.4. The number of likely N-dealkylation sites (N-methyl/N-ethyl adjacent to an activating group) is 1. The molecule has 1 aromatic rings. The molecule has 0 bridgehead atoms. The van der Waals surface area contributed by atoms with Crippen LogP contribution in [0.5, 0.6) is 0 Å². The molecule has 170 valence electrons. The Kier molecular flexibility index (Phi) is 12.4. The van der Waals surface area contributed by atoms with E-state index in [0.717, 1.165) is 12.1 Å². The molecule has 1 rings (SSSR count). The van der Waals surface area contributed by atoms with Crippen molar-refractivity contribution in [1.82, 2.24) is 20.4 Å². The molecule has 0 atom stereocenters. The summed E-state index contributed by atoms with van der Waals surface area (Å²) in [6, 6.07) is 7.42. The molecular weight excluding hydrogens is 497 g/mol. The Balaban J connectivity index is 0.00000841. The van der Waals surface area contributed by atoms with Gasteiger partial charge in [0, 0.05) is 46.3 Å². The standard InChI is InChI=1S/C21H35N5O3.HI/c1-8-22-19(23-13-14-26(7)20(28)29-21(2,3)4)24-15-16-9-11-17(12-10-16)18(27)25(5)6;/h9-12H,8,13-15H2,1-7H3,(H2,22,23,24);1H. The van der Waals surface area contributed by atoms with Gasteiger partial charge in [0.15, 0.2) is 5.96 Å². The van der Waals surface area contributed by atoms with Gasteiger partial charge in [-0.3, -0.25) is 4.79 Å². The highest BCUT2D eigenvalue weighted by molar-refractivity contribution is 14.0. The molecule has 0 radical (unpaired) electrons. The zero-order chi connectivity index (χ0) is 22.0. The lowest BCUT2D eigenvalue weighted by atomic mass is 10.1. The Labute approximate surface area is 197 Å². The third-order valence-electron chi connectivity index (χ3n) is 3.82. The smallest absolute Gasteiger partial charge is 0.410 e. The van der Waals surface area contributed by atoms with Crippen LogP contribution >= 0.6 is 24.0 Å². The minimum atomic E-state index is -0.512. The molecule has 0 saturated heterocycles. The number of aliphatic imine (C=N–C) groups is 1. The average Bonchev–Trinajstić information content (AvgIpc) is 2.64. The van der Waals surface area contributed by atoms with Crippen molar-refractivity contribution >= 4 is 41.9 Å². The highest BCUT2D eigenvalue weighted by Crippen LogP contribution is 2.09. The minimum Gasteiger partial charge on any atom is -0.444 e. The van der Waals surface area contributed by atoms with Crippen molar-refractivity contribution < 1.29 is 14.3 Å². The van der Waals surface area contributed by atoms with Crippen LogP contribution < -0.4 is 10.6 Å². The average molecular weight is 533 g/mol. The summed E-state index contributed by atoms with van der Waals surface area (Å²) in [6.45, 7) is 9.75. The van der Waals surface area contributed by atoms with Crippen LogP contribution in [0.3, 0.4) is 0 Å². The predicted octanol–water partition coefficient (Wildman–Crippen LogP) is 2.93. The van der Waals surface area contributed by atoms with E-state index < -0.39 is 5.60 Å². The van der Waals surface area contributed by atoms with Crippen molar-refractivity contribution in [2.75, 3.05) is 40.8 Å². The second-order valence-electron chi connectivity index (χ2n) is 7.92. The number of carbonyl (C=O) groups is 2. The van der Waals surface area contributed by atoms with Crippen LogP contribution in [0.15, 0.2) is 29.3 Å². The molecule has 2 amide bonds. The fourth-order valence-corrected chi connectivity index (χ4v) is 2.30. The molecule has 2 N–H and O–H groups in total. The third-order valence-corrected chi connectivity index (χ3v) is 3.82. The number of halogens is 1. The van der Waals surface area contributed by atoms with Crippen molar-refractivity contribution in [1.29, 1.82) is 0 Å². The summed E-state index contributed by atoms with van der Waals surface area (Å²) in [5.74, 6) is 0.641. The number of nitrogens with one attached hydrogen (secondary N) is 2. The van der Waals surface area contributed by atoms with Crippen molar-refractivity contribution in [3.05, 3.63) is 35.4 Å². The molecule has 0 saturated carbocycles. The van der Waals surface area contributed by atoms with Crippen molar-refractivity contribution in [3.63, 3.8) is 0 Å². The summed E-state index contributed by atoms with van der Waals surface area (Å²) in [5, 5.41) is 6.39. The Hall–Kier alpha value is -2.04. The Morgan fingerprint density at radius 1 is 1.07 bits per heavy atom. The molecular formula is C21H36IN5O3. The van der Waals surface area contributed by atoms with E-state index in [2.05, 4.69) is 15.6 Å². The monoisotopic (exact) mass is 533 g/mol. The van der Waals surface area contributed by atoms with Gasteiger partial charge in [-0.1, -0.05) is 12.1 Å². The number of hydrogen-bond donors (Lipinski definition) is 2. The molecule has 0 aliphatic rings. The second-order valence-corrected chi connectivity index (χ2v) is 7.92. The van der Waals surface area contributed by atoms with Crippen molar-refractivity contribution in [2.45, 2.75) is 39.8 Å². The first-order chi connectivity index (χ1) is 13.5. The topological polar surface area (TPSA) is 86.3 Å². The number of carbonyl (C=O) groups excluding carboxylic acids is 2.